The molecule has 5 nitrogen and oxygen atoms in total. The normalized spacial score (nSPS) is 11.0. The van der Waals surface area contributed by atoms with Gasteiger partial charge in [-0.2, -0.15) is 0 Å². The molecule has 0 fully saturated rings. The Morgan fingerprint density at radius 2 is 1.62 bits per heavy atom. The fourth-order valence-electron chi connectivity index (χ4n) is 3.32. The molecule has 0 atom stereocenters. The summed E-state index contributed by atoms with van der Waals surface area (Å²) in [7, 11) is 1.60. The van der Waals surface area contributed by atoms with Crippen LogP contribution in [0.4, 0.5) is 5.69 Å². The molecular formula is C24H21NO4. The van der Waals surface area contributed by atoms with E-state index in [2.05, 4.69) is 5.32 Å². The molecule has 1 aromatic heterocycles. The lowest BCUT2D eigenvalue weighted by Gasteiger charge is -2.08. The van der Waals surface area contributed by atoms with E-state index in [9.17, 15) is 9.59 Å². The maximum absolute atomic E-state index is 12.8. The molecule has 146 valence electrons. The third-order valence-corrected chi connectivity index (χ3v) is 5.09. The molecule has 0 saturated carbocycles. The highest BCUT2D eigenvalue weighted by Gasteiger charge is 2.11. The quantitative estimate of drug-likeness (QED) is 0.513. The summed E-state index contributed by atoms with van der Waals surface area (Å²) in [5.41, 5.74) is 4.51. The van der Waals surface area contributed by atoms with Gasteiger partial charge in [0.05, 0.1) is 24.3 Å². The van der Waals surface area contributed by atoms with Crippen molar-refractivity contribution in [2.24, 2.45) is 0 Å². The molecule has 1 amide bonds. The third kappa shape index (κ3) is 3.72. The molecule has 4 aromatic rings. The van der Waals surface area contributed by atoms with E-state index in [4.69, 9.17) is 9.15 Å². The summed E-state index contributed by atoms with van der Waals surface area (Å²) in [5.74, 6) is 0.598. The minimum Gasteiger partial charge on any atom is -0.497 e. The van der Waals surface area contributed by atoms with E-state index in [0.717, 1.165) is 22.4 Å². The number of amides is 1. The summed E-state index contributed by atoms with van der Waals surface area (Å²) < 4.78 is 11.1. The monoisotopic (exact) mass is 387 g/mol. The van der Waals surface area contributed by atoms with Crippen molar-refractivity contribution in [2.75, 3.05) is 12.4 Å². The number of methoxy groups -OCH3 is 1. The van der Waals surface area contributed by atoms with Gasteiger partial charge in [-0.3, -0.25) is 9.59 Å². The molecule has 1 N–H and O–H groups in total. The fourth-order valence-corrected chi connectivity index (χ4v) is 3.32. The van der Waals surface area contributed by atoms with Crippen molar-refractivity contribution < 1.29 is 13.9 Å². The van der Waals surface area contributed by atoms with Crippen molar-refractivity contribution in [3.8, 4) is 5.75 Å². The van der Waals surface area contributed by atoms with Crippen LogP contribution < -0.4 is 15.5 Å². The first-order valence-corrected chi connectivity index (χ1v) is 9.35. The summed E-state index contributed by atoms with van der Waals surface area (Å²) in [6, 6.07) is 16.2. The molecule has 0 spiro atoms. The Kier molecular flexibility index (Phi) is 4.80. The molecule has 29 heavy (non-hydrogen) atoms. The molecule has 0 aliphatic heterocycles. The third-order valence-electron chi connectivity index (χ3n) is 5.09. The Morgan fingerprint density at radius 3 is 2.34 bits per heavy atom. The highest BCUT2D eigenvalue weighted by Crippen LogP contribution is 2.24. The molecule has 0 radical (unpaired) electrons. The first kappa shape index (κ1) is 18.7. The van der Waals surface area contributed by atoms with Crippen LogP contribution in [0.25, 0.3) is 21.9 Å². The summed E-state index contributed by atoms with van der Waals surface area (Å²) in [4.78, 5) is 25.2. The van der Waals surface area contributed by atoms with E-state index in [1.165, 1.54) is 0 Å². The van der Waals surface area contributed by atoms with Crippen LogP contribution in [0.1, 0.15) is 16.7 Å². The number of nitrogens with one attached hydrogen (secondary N) is 1. The Bertz CT molecular complexity index is 1290. The lowest BCUT2D eigenvalue weighted by atomic mass is 10.1. The first-order chi connectivity index (χ1) is 13.9. The summed E-state index contributed by atoms with van der Waals surface area (Å²) in [5, 5.41) is 3.93. The van der Waals surface area contributed by atoms with Gasteiger partial charge in [0.25, 0.3) is 0 Å². The Morgan fingerprint density at radius 1 is 0.931 bits per heavy atom. The van der Waals surface area contributed by atoms with Crippen LogP contribution >= 0.6 is 0 Å². The van der Waals surface area contributed by atoms with E-state index < -0.39 is 0 Å². The number of ether oxygens (including phenoxy) is 1. The lowest BCUT2D eigenvalue weighted by Crippen LogP contribution is -2.14. The van der Waals surface area contributed by atoms with E-state index in [-0.39, 0.29) is 17.8 Å². The standard InChI is InChI=1S/C24H21NO4/c1-14-10-20-21(11-15(14)2)29-22-13-17(6-9-19(22)24(20)27)25-23(26)12-16-4-7-18(28-3)8-5-16/h4-11,13H,12H2,1-3H3,(H,25,26). The van der Waals surface area contributed by atoms with Gasteiger partial charge in [-0.1, -0.05) is 12.1 Å². The molecule has 0 unspecified atom stereocenters. The van der Waals surface area contributed by atoms with Gasteiger partial charge in [-0.25, -0.2) is 0 Å². The number of carbonyl (C=O) groups is 1. The Balaban J connectivity index is 1.62. The number of anilines is 1. The van der Waals surface area contributed by atoms with Gasteiger partial charge >= 0.3 is 0 Å². The van der Waals surface area contributed by atoms with Gasteiger partial charge in [0, 0.05) is 11.8 Å². The van der Waals surface area contributed by atoms with Crippen LogP contribution in [-0.4, -0.2) is 13.0 Å². The predicted molar refractivity (Wildman–Crippen MR) is 115 cm³/mol. The minimum absolute atomic E-state index is 0.0690. The van der Waals surface area contributed by atoms with Gasteiger partial charge in [-0.15, -0.1) is 0 Å². The zero-order chi connectivity index (χ0) is 20.5. The van der Waals surface area contributed by atoms with Crippen LogP contribution in [0, 0.1) is 13.8 Å². The SMILES string of the molecule is COc1ccc(CC(=O)Nc2ccc3c(=O)c4cc(C)c(C)cc4oc3c2)cc1. The van der Waals surface area contributed by atoms with Gasteiger partial charge in [0.1, 0.15) is 16.9 Å². The molecular weight excluding hydrogens is 366 g/mol. The van der Waals surface area contributed by atoms with Crippen LogP contribution in [0.3, 0.4) is 0 Å². The molecule has 0 aliphatic carbocycles. The number of carbonyl (C=O) groups excluding carboxylic acids is 1. The van der Waals surface area contributed by atoms with E-state index in [1.54, 1.807) is 25.3 Å². The number of hydrogen-bond acceptors (Lipinski definition) is 4. The van der Waals surface area contributed by atoms with E-state index in [1.807, 2.05) is 50.2 Å². The Hall–Kier alpha value is -3.60. The van der Waals surface area contributed by atoms with Crippen LogP contribution in [0.2, 0.25) is 0 Å². The molecule has 4 rings (SSSR count). The van der Waals surface area contributed by atoms with Crippen LogP contribution in [0.15, 0.2) is 63.8 Å². The fraction of sp³-hybridized carbons (Fsp3) is 0.167. The first-order valence-electron chi connectivity index (χ1n) is 9.35. The van der Waals surface area contributed by atoms with Crippen molar-refractivity contribution in [1.29, 1.82) is 0 Å². The zero-order valence-electron chi connectivity index (χ0n) is 16.5. The molecule has 0 aliphatic rings. The summed E-state index contributed by atoms with van der Waals surface area (Å²) in [6.07, 6.45) is 0.238. The van der Waals surface area contributed by atoms with Crippen molar-refractivity contribution in [3.05, 3.63) is 81.5 Å². The van der Waals surface area contributed by atoms with Gasteiger partial charge in [0.2, 0.25) is 11.3 Å². The second kappa shape index (κ2) is 7.43. The highest BCUT2D eigenvalue weighted by atomic mass is 16.5. The second-order valence-corrected chi connectivity index (χ2v) is 7.15. The Labute approximate surface area is 167 Å². The van der Waals surface area contributed by atoms with Crippen LogP contribution in [0.5, 0.6) is 5.75 Å². The summed E-state index contributed by atoms with van der Waals surface area (Å²) in [6.45, 7) is 3.95. The molecule has 5 heteroatoms. The summed E-state index contributed by atoms with van der Waals surface area (Å²) >= 11 is 0. The van der Waals surface area contributed by atoms with Gasteiger partial charge < -0.3 is 14.5 Å². The topological polar surface area (TPSA) is 68.5 Å². The largest absolute Gasteiger partial charge is 0.497 e. The highest BCUT2D eigenvalue weighted by molar-refractivity contribution is 5.96. The number of benzene rings is 3. The van der Waals surface area contributed by atoms with Crippen molar-refractivity contribution in [3.63, 3.8) is 0 Å². The molecule has 1 heterocycles. The molecule has 0 bridgehead atoms. The van der Waals surface area contributed by atoms with E-state index >= 15 is 0 Å². The van der Waals surface area contributed by atoms with Gasteiger partial charge in [0.15, 0.2) is 0 Å². The smallest absolute Gasteiger partial charge is 0.228 e. The van der Waals surface area contributed by atoms with Crippen molar-refractivity contribution in [2.45, 2.75) is 20.3 Å². The van der Waals surface area contributed by atoms with Crippen molar-refractivity contribution in [1.82, 2.24) is 0 Å². The van der Waals surface area contributed by atoms with Crippen molar-refractivity contribution >= 4 is 33.5 Å². The maximum Gasteiger partial charge on any atom is 0.228 e. The number of fused-ring (bicyclic) bond motifs is 2. The van der Waals surface area contributed by atoms with E-state index in [0.29, 0.717) is 27.6 Å². The predicted octanol–water partition coefficient (Wildman–Crippen LogP) is 4.75. The van der Waals surface area contributed by atoms with Crippen LogP contribution in [-0.2, 0) is 11.2 Å². The average molecular weight is 387 g/mol. The number of aryl methyl sites for hydroxylation is 2. The maximum atomic E-state index is 12.8. The average Bonchev–Trinajstić information content (AvgIpc) is 2.70. The second-order valence-electron chi connectivity index (χ2n) is 7.15. The molecule has 3 aromatic carbocycles. The molecule has 0 saturated heterocycles. The van der Waals surface area contributed by atoms with Gasteiger partial charge in [-0.05, 0) is 66.9 Å². The minimum atomic E-state index is -0.149. The number of rotatable bonds is 4. The zero-order valence-corrected chi connectivity index (χ0v) is 16.5. The number of hydrogen-bond donors (Lipinski definition) is 1. The lowest BCUT2D eigenvalue weighted by molar-refractivity contribution is -0.115.